The Morgan fingerprint density at radius 1 is 1.56 bits per heavy atom. The molecule has 88 valence electrons. The Kier molecular flexibility index (Phi) is 4.49. The topological polar surface area (TPSA) is 66.6 Å². The van der Waals surface area contributed by atoms with Gasteiger partial charge in [-0.25, -0.2) is 0 Å². The van der Waals surface area contributed by atoms with Gasteiger partial charge in [0.05, 0.1) is 11.3 Å². The number of anilines is 1. The number of hydrogen-bond donors (Lipinski definition) is 2. The van der Waals surface area contributed by atoms with Crippen LogP contribution in [-0.2, 0) is 0 Å². The molecular formula is C11H16N2O2S. The zero-order valence-electron chi connectivity index (χ0n) is 9.43. The molecule has 0 atom stereocenters. The summed E-state index contributed by atoms with van der Waals surface area (Å²) < 4.78 is 0. The van der Waals surface area contributed by atoms with E-state index in [9.17, 15) is 9.90 Å². The lowest BCUT2D eigenvalue weighted by molar-refractivity contribution is 0.0801. The van der Waals surface area contributed by atoms with E-state index < -0.39 is 0 Å². The van der Waals surface area contributed by atoms with Crippen LogP contribution < -0.4 is 5.73 Å². The van der Waals surface area contributed by atoms with Crippen molar-refractivity contribution in [3.8, 4) is 5.75 Å². The van der Waals surface area contributed by atoms with E-state index in [4.69, 9.17) is 5.73 Å². The van der Waals surface area contributed by atoms with E-state index in [0.29, 0.717) is 6.54 Å². The third kappa shape index (κ3) is 2.82. The lowest BCUT2D eigenvalue weighted by atomic mass is 10.1. The Balaban J connectivity index is 2.84. The number of phenolic OH excluding ortho intramolecular Hbond substituents is 1. The first-order valence-electron chi connectivity index (χ1n) is 4.89. The molecule has 4 nitrogen and oxygen atoms in total. The molecule has 0 fully saturated rings. The molecule has 3 N–H and O–H groups in total. The number of nitrogen functional groups attached to an aromatic ring is 1. The summed E-state index contributed by atoms with van der Waals surface area (Å²) in [4.78, 5) is 13.5. The number of phenols is 1. The normalized spacial score (nSPS) is 10.1. The minimum Gasteiger partial charge on any atom is -0.505 e. The van der Waals surface area contributed by atoms with Gasteiger partial charge in [-0.05, 0) is 18.4 Å². The molecule has 0 saturated heterocycles. The van der Waals surface area contributed by atoms with Gasteiger partial charge >= 0.3 is 0 Å². The van der Waals surface area contributed by atoms with Gasteiger partial charge < -0.3 is 15.7 Å². The minimum absolute atomic E-state index is 0.136. The van der Waals surface area contributed by atoms with E-state index in [0.717, 1.165) is 5.75 Å². The summed E-state index contributed by atoms with van der Waals surface area (Å²) in [5.41, 5.74) is 6.01. The van der Waals surface area contributed by atoms with Crippen LogP contribution in [0.25, 0.3) is 0 Å². The average Bonchev–Trinajstić information content (AvgIpc) is 2.28. The van der Waals surface area contributed by atoms with Crippen molar-refractivity contribution >= 4 is 23.4 Å². The highest BCUT2D eigenvalue weighted by Gasteiger charge is 2.16. The highest BCUT2D eigenvalue weighted by Crippen LogP contribution is 2.25. The largest absolute Gasteiger partial charge is 0.505 e. The molecule has 1 rings (SSSR count). The Bertz CT molecular complexity index is 382. The maximum Gasteiger partial charge on any atom is 0.257 e. The number of nitrogens with zero attached hydrogens (tertiary/aromatic N) is 1. The van der Waals surface area contributed by atoms with Crippen LogP contribution in [0, 0.1) is 0 Å². The predicted octanol–water partition coefficient (Wildman–Crippen LogP) is 1.41. The quantitative estimate of drug-likeness (QED) is 0.617. The molecule has 5 heteroatoms. The van der Waals surface area contributed by atoms with Crippen molar-refractivity contribution in [2.24, 2.45) is 0 Å². The van der Waals surface area contributed by atoms with Gasteiger partial charge in [0.1, 0.15) is 0 Å². The third-order valence-corrected chi connectivity index (χ3v) is 2.87. The van der Waals surface area contributed by atoms with Crippen molar-refractivity contribution in [3.63, 3.8) is 0 Å². The van der Waals surface area contributed by atoms with Crippen LogP contribution in [0.5, 0.6) is 5.75 Å². The molecule has 1 aromatic rings. The van der Waals surface area contributed by atoms with Crippen molar-refractivity contribution in [1.29, 1.82) is 0 Å². The summed E-state index contributed by atoms with van der Waals surface area (Å²) in [5, 5.41) is 9.66. The number of rotatable bonds is 4. The van der Waals surface area contributed by atoms with Crippen LogP contribution in [0.2, 0.25) is 0 Å². The Labute approximate surface area is 99.4 Å². The third-order valence-electron chi connectivity index (χ3n) is 2.28. The summed E-state index contributed by atoms with van der Waals surface area (Å²) in [6, 6.07) is 4.79. The smallest absolute Gasteiger partial charge is 0.257 e. The van der Waals surface area contributed by atoms with E-state index >= 15 is 0 Å². The molecular weight excluding hydrogens is 224 g/mol. The molecule has 0 spiro atoms. The average molecular weight is 240 g/mol. The Morgan fingerprint density at radius 2 is 2.25 bits per heavy atom. The molecule has 0 radical (unpaired) electrons. The van der Waals surface area contributed by atoms with Crippen molar-refractivity contribution < 1.29 is 9.90 Å². The maximum absolute atomic E-state index is 11.9. The molecule has 0 unspecified atom stereocenters. The molecule has 0 bridgehead atoms. The zero-order valence-corrected chi connectivity index (χ0v) is 10.3. The summed E-state index contributed by atoms with van der Waals surface area (Å²) in [7, 11) is 1.71. The van der Waals surface area contributed by atoms with Gasteiger partial charge in [0.15, 0.2) is 5.75 Å². The van der Waals surface area contributed by atoms with E-state index in [2.05, 4.69) is 0 Å². The van der Waals surface area contributed by atoms with Crippen LogP contribution in [-0.4, -0.2) is 41.5 Å². The first kappa shape index (κ1) is 12.7. The summed E-state index contributed by atoms with van der Waals surface area (Å²) in [5.74, 6) is 0.521. The van der Waals surface area contributed by atoms with Crippen LogP contribution in [0.15, 0.2) is 18.2 Å². The van der Waals surface area contributed by atoms with Crippen molar-refractivity contribution in [3.05, 3.63) is 23.8 Å². The SMILES string of the molecule is CSCCN(C)C(=O)c1cccc(N)c1O. The Morgan fingerprint density at radius 3 is 2.88 bits per heavy atom. The summed E-state index contributed by atoms with van der Waals surface area (Å²) in [6.07, 6.45) is 1.98. The second-order valence-electron chi connectivity index (χ2n) is 3.46. The lowest BCUT2D eigenvalue weighted by Crippen LogP contribution is -2.29. The number of aromatic hydroxyl groups is 1. The minimum atomic E-state index is -0.209. The maximum atomic E-state index is 11.9. The standard InChI is InChI=1S/C11H16N2O2S/c1-13(6-7-16-2)11(15)8-4-3-5-9(12)10(8)14/h3-5,14H,6-7,12H2,1-2H3. The second kappa shape index (κ2) is 5.65. The molecule has 0 heterocycles. The number of thioether (sulfide) groups is 1. The van der Waals surface area contributed by atoms with Gasteiger partial charge in [-0.3, -0.25) is 4.79 Å². The zero-order chi connectivity index (χ0) is 12.1. The van der Waals surface area contributed by atoms with Crippen LogP contribution in [0.1, 0.15) is 10.4 Å². The van der Waals surface area contributed by atoms with Gasteiger partial charge in [0, 0.05) is 19.3 Å². The van der Waals surface area contributed by atoms with Gasteiger partial charge in [-0.2, -0.15) is 11.8 Å². The fourth-order valence-electron chi connectivity index (χ4n) is 1.27. The predicted molar refractivity (Wildman–Crippen MR) is 67.9 cm³/mol. The molecule has 1 amide bonds. The highest BCUT2D eigenvalue weighted by atomic mass is 32.2. The summed E-state index contributed by atoms with van der Waals surface area (Å²) in [6.45, 7) is 0.647. The number of hydrogen-bond acceptors (Lipinski definition) is 4. The number of amides is 1. The van der Waals surface area contributed by atoms with Gasteiger partial charge in [0.25, 0.3) is 5.91 Å². The molecule has 0 aliphatic rings. The van der Waals surface area contributed by atoms with Crippen LogP contribution in [0.4, 0.5) is 5.69 Å². The van der Waals surface area contributed by atoms with E-state index in [1.807, 2.05) is 6.26 Å². The highest BCUT2D eigenvalue weighted by molar-refractivity contribution is 7.98. The van der Waals surface area contributed by atoms with Crippen molar-refractivity contribution in [2.45, 2.75) is 0 Å². The van der Waals surface area contributed by atoms with Crippen molar-refractivity contribution in [2.75, 3.05) is 31.3 Å². The summed E-state index contributed by atoms with van der Waals surface area (Å²) >= 11 is 1.67. The fraction of sp³-hybridized carbons (Fsp3) is 0.364. The van der Waals surface area contributed by atoms with Gasteiger partial charge in [-0.15, -0.1) is 0 Å². The Hall–Kier alpha value is -1.36. The lowest BCUT2D eigenvalue weighted by Gasteiger charge is -2.17. The molecule has 16 heavy (non-hydrogen) atoms. The van der Waals surface area contributed by atoms with Gasteiger partial charge in [-0.1, -0.05) is 6.07 Å². The number of nitrogens with two attached hydrogens (primary N) is 1. The molecule has 0 saturated carbocycles. The van der Waals surface area contributed by atoms with E-state index in [1.54, 1.807) is 41.9 Å². The van der Waals surface area contributed by atoms with Crippen LogP contribution >= 0.6 is 11.8 Å². The monoisotopic (exact) mass is 240 g/mol. The molecule has 1 aromatic carbocycles. The first-order valence-corrected chi connectivity index (χ1v) is 6.29. The number of carbonyl (C=O) groups is 1. The fourth-order valence-corrected chi connectivity index (χ4v) is 1.73. The van der Waals surface area contributed by atoms with E-state index in [-0.39, 0.29) is 22.9 Å². The molecule has 0 aliphatic carbocycles. The number of para-hydroxylation sites is 1. The molecule has 0 aliphatic heterocycles. The molecule has 0 aromatic heterocycles. The first-order chi connectivity index (χ1) is 7.57. The van der Waals surface area contributed by atoms with Gasteiger partial charge in [0.2, 0.25) is 0 Å². The van der Waals surface area contributed by atoms with E-state index in [1.165, 1.54) is 0 Å². The second-order valence-corrected chi connectivity index (χ2v) is 4.45. The number of benzene rings is 1. The number of carbonyl (C=O) groups excluding carboxylic acids is 1. The van der Waals surface area contributed by atoms with Crippen LogP contribution in [0.3, 0.4) is 0 Å². The van der Waals surface area contributed by atoms with Crippen molar-refractivity contribution in [1.82, 2.24) is 4.90 Å².